The highest BCUT2D eigenvalue weighted by atomic mass is 35.5. The molecular weight excluding hydrogens is 170 g/mol. The topological polar surface area (TPSA) is 28.7 Å². The molecule has 0 aliphatic rings. The molecular formula is C8H6BClN2. The van der Waals surface area contributed by atoms with Gasteiger partial charge in [0.1, 0.15) is 13.4 Å². The summed E-state index contributed by atoms with van der Waals surface area (Å²) in [6, 6.07) is 3.56. The lowest BCUT2D eigenvalue weighted by molar-refractivity contribution is 1.07. The number of hydrogen-bond donors (Lipinski definition) is 1. The molecule has 1 aromatic heterocycles. The number of benzene rings is 1. The van der Waals surface area contributed by atoms with Crippen molar-refractivity contribution in [2.75, 3.05) is 0 Å². The van der Waals surface area contributed by atoms with Crippen LogP contribution in [0.5, 0.6) is 0 Å². The maximum absolute atomic E-state index is 5.91. The lowest BCUT2D eigenvalue weighted by atomic mass is 9.95. The zero-order valence-electron chi connectivity index (χ0n) is 6.56. The smallest absolute Gasteiger partial charge is 0.113 e. The first-order valence-corrected chi connectivity index (χ1v) is 3.96. The van der Waals surface area contributed by atoms with Gasteiger partial charge in [-0.15, -0.1) is 0 Å². The fraction of sp³-hybridized carbons (Fsp3) is 0.125. The fourth-order valence-corrected chi connectivity index (χ4v) is 1.49. The summed E-state index contributed by atoms with van der Waals surface area (Å²) >= 11 is 5.91. The Bertz CT molecular complexity index is 436. The van der Waals surface area contributed by atoms with E-state index in [4.69, 9.17) is 19.4 Å². The number of aromatic nitrogens is 2. The molecule has 0 aliphatic heterocycles. The quantitative estimate of drug-likeness (QED) is 0.603. The molecule has 0 spiro atoms. The number of halogens is 1. The lowest BCUT2D eigenvalue weighted by Gasteiger charge is -1.95. The molecule has 2 radical (unpaired) electrons. The molecule has 1 heterocycles. The van der Waals surface area contributed by atoms with Crippen molar-refractivity contribution in [2.45, 2.75) is 6.92 Å². The molecule has 0 bridgehead atoms. The molecule has 1 N–H and O–H groups in total. The van der Waals surface area contributed by atoms with Gasteiger partial charge in [-0.05, 0) is 13.0 Å². The van der Waals surface area contributed by atoms with Crippen LogP contribution in [0.15, 0.2) is 12.1 Å². The van der Waals surface area contributed by atoms with E-state index >= 15 is 0 Å². The largest absolute Gasteiger partial charge is 0.282 e. The van der Waals surface area contributed by atoms with Gasteiger partial charge in [0.25, 0.3) is 0 Å². The minimum atomic E-state index is 0.592. The first kappa shape index (κ1) is 7.68. The molecule has 0 saturated carbocycles. The Morgan fingerprint density at radius 3 is 3.00 bits per heavy atom. The van der Waals surface area contributed by atoms with Crippen LogP contribution in [0.4, 0.5) is 0 Å². The second-order valence-electron chi connectivity index (χ2n) is 2.75. The van der Waals surface area contributed by atoms with Crippen molar-refractivity contribution in [1.82, 2.24) is 10.2 Å². The molecule has 0 fully saturated rings. The van der Waals surface area contributed by atoms with Crippen molar-refractivity contribution in [3.8, 4) is 0 Å². The zero-order chi connectivity index (χ0) is 8.72. The Kier molecular flexibility index (Phi) is 1.62. The van der Waals surface area contributed by atoms with Crippen LogP contribution in [0.25, 0.3) is 10.9 Å². The average molecular weight is 176 g/mol. The molecule has 0 saturated heterocycles. The van der Waals surface area contributed by atoms with E-state index in [1.807, 2.05) is 13.0 Å². The summed E-state index contributed by atoms with van der Waals surface area (Å²) in [5.74, 6) is 0. The summed E-state index contributed by atoms with van der Waals surface area (Å²) in [4.78, 5) is 0. The number of rotatable bonds is 0. The van der Waals surface area contributed by atoms with E-state index in [-0.39, 0.29) is 0 Å². The molecule has 4 heteroatoms. The molecule has 2 rings (SSSR count). The summed E-state index contributed by atoms with van der Waals surface area (Å²) in [5.41, 5.74) is 2.43. The van der Waals surface area contributed by atoms with Gasteiger partial charge in [-0.25, -0.2) is 0 Å². The normalized spacial score (nSPS) is 10.8. The summed E-state index contributed by atoms with van der Waals surface area (Å²) in [6.07, 6.45) is 0. The van der Waals surface area contributed by atoms with Gasteiger partial charge in [-0.2, -0.15) is 5.10 Å². The number of nitrogens with one attached hydrogen (secondary N) is 1. The van der Waals surface area contributed by atoms with Crippen LogP contribution in [0.3, 0.4) is 0 Å². The van der Waals surface area contributed by atoms with Gasteiger partial charge in [0.2, 0.25) is 0 Å². The monoisotopic (exact) mass is 176 g/mol. The van der Waals surface area contributed by atoms with Gasteiger partial charge in [-0.1, -0.05) is 23.1 Å². The number of H-pyrrole nitrogens is 1. The van der Waals surface area contributed by atoms with Crippen LogP contribution in [-0.4, -0.2) is 18.0 Å². The van der Waals surface area contributed by atoms with Crippen LogP contribution in [0.1, 0.15) is 5.69 Å². The van der Waals surface area contributed by atoms with E-state index in [1.165, 1.54) is 0 Å². The maximum atomic E-state index is 5.91. The first-order valence-electron chi connectivity index (χ1n) is 3.58. The Hall–Kier alpha value is -0.955. The van der Waals surface area contributed by atoms with Crippen molar-refractivity contribution < 1.29 is 0 Å². The van der Waals surface area contributed by atoms with Crippen molar-refractivity contribution in [3.05, 3.63) is 22.8 Å². The summed E-state index contributed by atoms with van der Waals surface area (Å²) < 4.78 is 0. The highest BCUT2D eigenvalue weighted by molar-refractivity contribution is 6.39. The van der Waals surface area contributed by atoms with Gasteiger partial charge in [0.05, 0.1) is 5.02 Å². The van der Waals surface area contributed by atoms with Gasteiger partial charge < -0.3 is 0 Å². The second-order valence-corrected chi connectivity index (χ2v) is 3.15. The molecule has 0 amide bonds. The van der Waals surface area contributed by atoms with E-state index in [2.05, 4.69) is 10.2 Å². The first-order chi connectivity index (χ1) is 5.68. The third-order valence-corrected chi connectivity index (χ3v) is 2.11. The van der Waals surface area contributed by atoms with Gasteiger partial charge in [0.15, 0.2) is 0 Å². The van der Waals surface area contributed by atoms with Crippen molar-refractivity contribution in [3.63, 3.8) is 0 Å². The number of aryl methyl sites for hydroxylation is 1. The predicted molar refractivity (Wildman–Crippen MR) is 51.2 cm³/mol. The van der Waals surface area contributed by atoms with E-state index in [0.29, 0.717) is 10.5 Å². The SMILES string of the molecule is [B]c1cc(Cl)c2n[nH]c(C)c2c1. The molecule has 0 aliphatic carbocycles. The molecule has 58 valence electrons. The lowest BCUT2D eigenvalue weighted by Crippen LogP contribution is -2.00. The minimum absolute atomic E-state index is 0.592. The molecule has 1 aromatic carbocycles. The highest BCUT2D eigenvalue weighted by Gasteiger charge is 2.04. The molecule has 12 heavy (non-hydrogen) atoms. The molecule has 0 atom stereocenters. The summed E-state index contributed by atoms with van der Waals surface area (Å²) in [5, 5.41) is 8.48. The van der Waals surface area contributed by atoms with Crippen molar-refractivity contribution in [1.29, 1.82) is 0 Å². The minimum Gasteiger partial charge on any atom is -0.282 e. The maximum Gasteiger partial charge on any atom is 0.113 e. The fourth-order valence-electron chi connectivity index (χ4n) is 1.22. The number of hydrogen-bond acceptors (Lipinski definition) is 1. The van der Waals surface area contributed by atoms with Crippen molar-refractivity contribution in [2.24, 2.45) is 0 Å². The Morgan fingerprint density at radius 1 is 1.50 bits per heavy atom. The highest BCUT2D eigenvalue weighted by Crippen LogP contribution is 2.21. The Labute approximate surface area is 76.3 Å². The third kappa shape index (κ3) is 1.01. The predicted octanol–water partition coefficient (Wildman–Crippen LogP) is 1.32. The standard InChI is InChI=1S/C8H6BClN2/c1-4-6-2-5(9)3-7(10)8(6)12-11-4/h2-3H,1H3,(H,11,12). The van der Waals surface area contributed by atoms with Gasteiger partial charge >= 0.3 is 0 Å². The molecule has 2 aromatic rings. The van der Waals surface area contributed by atoms with Gasteiger partial charge in [0, 0.05) is 11.1 Å². The molecule has 0 unspecified atom stereocenters. The summed E-state index contributed by atoms with van der Waals surface area (Å²) in [7, 11) is 5.63. The second kappa shape index (κ2) is 2.52. The van der Waals surface area contributed by atoms with E-state index < -0.39 is 0 Å². The van der Waals surface area contributed by atoms with E-state index in [0.717, 1.165) is 16.6 Å². The van der Waals surface area contributed by atoms with Crippen LogP contribution < -0.4 is 5.46 Å². The Balaban J connectivity index is 2.92. The summed E-state index contributed by atoms with van der Waals surface area (Å²) in [6.45, 7) is 1.94. The molecule has 2 nitrogen and oxygen atoms in total. The van der Waals surface area contributed by atoms with Crippen LogP contribution in [-0.2, 0) is 0 Å². The third-order valence-electron chi connectivity index (χ3n) is 1.83. The van der Waals surface area contributed by atoms with Crippen LogP contribution >= 0.6 is 11.6 Å². The number of nitrogens with zero attached hydrogens (tertiary/aromatic N) is 1. The Morgan fingerprint density at radius 2 is 2.25 bits per heavy atom. The van der Waals surface area contributed by atoms with Crippen LogP contribution in [0.2, 0.25) is 5.02 Å². The number of fused-ring (bicyclic) bond motifs is 1. The zero-order valence-corrected chi connectivity index (χ0v) is 7.31. The van der Waals surface area contributed by atoms with E-state index in [1.54, 1.807) is 6.07 Å². The van der Waals surface area contributed by atoms with Crippen molar-refractivity contribution >= 4 is 35.8 Å². The average Bonchev–Trinajstić information content (AvgIpc) is 2.33. The van der Waals surface area contributed by atoms with E-state index in [9.17, 15) is 0 Å². The number of aromatic amines is 1. The van der Waals surface area contributed by atoms with Crippen LogP contribution in [0, 0.1) is 6.92 Å². The van der Waals surface area contributed by atoms with Gasteiger partial charge in [-0.3, -0.25) is 5.10 Å².